The molecular formula is C26H22FN7O3. The van der Waals surface area contributed by atoms with Gasteiger partial charge in [0.1, 0.15) is 17.2 Å². The maximum absolute atomic E-state index is 14.5. The maximum Gasteiger partial charge on any atom is 0.259 e. The molecule has 3 aromatic carbocycles. The van der Waals surface area contributed by atoms with Crippen LogP contribution in [0.5, 0.6) is 11.5 Å². The molecule has 0 unspecified atom stereocenters. The Labute approximate surface area is 211 Å². The number of amides is 1. The van der Waals surface area contributed by atoms with Crippen molar-refractivity contribution in [2.45, 2.75) is 6.92 Å². The van der Waals surface area contributed by atoms with E-state index in [1.807, 2.05) is 30.3 Å². The fraction of sp³-hybridized carbons (Fsp3) is 0.115. The van der Waals surface area contributed by atoms with Crippen molar-refractivity contribution < 1.29 is 18.7 Å². The highest BCUT2D eigenvalue weighted by molar-refractivity contribution is 6.08. The van der Waals surface area contributed by atoms with Gasteiger partial charge in [-0.05, 0) is 65.9 Å². The zero-order valence-corrected chi connectivity index (χ0v) is 20.2. The van der Waals surface area contributed by atoms with E-state index in [1.165, 1.54) is 30.0 Å². The molecule has 0 saturated carbocycles. The normalized spacial score (nSPS) is 10.8. The number of anilines is 1. The van der Waals surface area contributed by atoms with Crippen LogP contribution in [-0.2, 0) is 0 Å². The average Bonchev–Trinajstić information content (AvgIpc) is 3.56. The summed E-state index contributed by atoms with van der Waals surface area (Å²) in [6.45, 7) is 1.65. The van der Waals surface area contributed by atoms with Gasteiger partial charge in [0.05, 0.1) is 25.5 Å². The topological polar surface area (TPSA) is 109 Å². The third-order valence-corrected chi connectivity index (χ3v) is 5.69. The highest BCUT2D eigenvalue weighted by atomic mass is 19.1. The number of aryl methyl sites for hydroxylation is 1. The minimum Gasteiger partial charge on any atom is -0.493 e. The molecule has 5 rings (SSSR count). The van der Waals surface area contributed by atoms with E-state index in [9.17, 15) is 9.18 Å². The molecule has 0 atom stereocenters. The largest absolute Gasteiger partial charge is 0.493 e. The molecule has 2 aromatic heterocycles. The first-order valence-electron chi connectivity index (χ1n) is 11.2. The molecule has 1 amide bonds. The average molecular weight is 500 g/mol. The van der Waals surface area contributed by atoms with Gasteiger partial charge in [-0.3, -0.25) is 4.79 Å². The van der Waals surface area contributed by atoms with Crippen molar-refractivity contribution in [1.82, 2.24) is 30.0 Å². The molecule has 0 aliphatic rings. The van der Waals surface area contributed by atoms with Crippen molar-refractivity contribution in [2.75, 3.05) is 19.5 Å². The van der Waals surface area contributed by atoms with Gasteiger partial charge in [-0.25, -0.2) is 9.07 Å². The van der Waals surface area contributed by atoms with Gasteiger partial charge in [-0.2, -0.15) is 9.78 Å². The lowest BCUT2D eigenvalue weighted by Crippen LogP contribution is -2.13. The van der Waals surface area contributed by atoms with Crippen LogP contribution in [-0.4, -0.2) is 50.1 Å². The highest BCUT2D eigenvalue weighted by Gasteiger charge is 2.21. The summed E-state index contributed by atoms with van der Waals surface area (Å²) < 4.78 is 28.2. The Balaban J connectivity index is 1.55. The first-order valence-corrected chi connectivity index (χ1v) is 11.2. The number of halogens is 1. The molecule has 10 nitrogen and oxygen atoms in total. The van der Waals surface area contributed by atoms with Gasteiger partial charge in [-0.1, -0.05) is 18.2 Å². The number of tetrazole rings is 1. The van der Waals surface area contributed by atoms with Crippen LogP contribution in [0.2, 0.25) is 0 Å². The van der Waals surface area contributed by atoms with Gasteiger partial charge >= 0.3 is 0 Å². The molecule has 0 radical (unpaired) electrons. The molecule has 2 heterocycles. The van der Waals surface area contributed by atoms with Crippen LogP contribution in [0.25, 0.3) is 22.6 Å². The standard InChI is InChI=1S/C26H22FN7O3/c1-16-29-31-32-34(16)22-14-18(10-11-21(22)27)28-26(35)20-15-33(19-7-5-4-6-8-19)30-25(20)17-9-12-23(36-2)24(13-17)37-3/h4-15H,1-3H3,(H,28,35). The summed E-state index contributed by atoms with van der Waals surface area (Å²) in [6.07, 6.45) is 1.65. The summed E-state index contributed by atoms with van der Waals surface area (Å²) in [4.78, 5) is 13.5. The lowest BCUT2D eigenvalue weighted by atomic mass is 10.1. The van der Waals surface area contributed by atoms with Crippen molar-refractivity contribution in [2.24, 2.45) is 0 Å². The Hall–Kier alpha value is -5.06. The molecule has 1 N–H and O–H groups in total. The van der Waals surface area contributed by atoms with Gasteiger partial charge in [0.15, 0.2) is 17.3 Å². The molecule has 0 fully saturated rings. The number of nitrogens with zero attached hydrogens (tertiary/aromatic N) is 6. The predicted octanol–water partition coefficient (Wildman–Crippen LogP) is 4.23. The number of rotatable bonds is 7. The number of hydrogen-bond acceptors (Lipinski definition) is 7. The third-order valence-electron chi connectivity index (χ3n) is 5.69. The van der Waals surface area contributed by atoms with Crippen LogP contribution in [0.1, 0.15) is 16.2 Å². The van der Waals surface area contributed by atoms with Gasteiger partial charge in [-0.15, -0.1) is 5.10 Å². The van der Waals surface area contributed by atoms with Gasteiger partial charge < -0.3 is 14.8 Å². The molecule has 0 bridgehead atoms. The zero-order valence-electron chi connectivity index (χ0n) is 20.2. The van der Waals surface area contributed by atoms with E-state index < -0.39 is 11.7 Å². The summed E-state index contributed by atoms with van der Waals surface area (Å²) >= 11 is 0. The Morgan fingerprint density at radius 2 is 1.76 bits per heavy atom. The number of ether oxygens (including phenoxy) is 2. The predicted molar refractivity (Wildman–Crippen MR) is 134 cm³/mol. The van der Waals surface area contributed by atoms with E-state index >= 15 is 0 Å². The van der Waals surface area contributed by atoms with E-state index in [-0.39, 0.29) is 5.69 Å². The number of carbonyl (C=O) groups is 1. The van der Waals surface area contributed by atoms with E-state index in [2.05, 4.69) is 20.8 Å². The molecule has 0 saturated heterocycles. The molecule has 0 aliphatic heterocycles. The summed E-state index contributed by atoms with van der Waals surface area (Å²) in [5.41, 5.74) is 2.65. The van der Waals surface area contributed by atoms with Crippen LogP contribution in [0.15, 0.2) is 72.9 Å². The quantitative estimate of drug-likeness (QED) is 0.357. The SMILES string of the molecule is COc1ccc(-c2nn(-c3ccccc3)cc2C(=O)Nc2ccc(F)c(-n3nnnc3C)c2)cc1OC. The number of carbonyl (C=O) groups excluding carboxylic acids is 1. The Morgan fingerprint density at radius 1 is 0.973 bits per heavy atom. The highest BCUT2D eigenvalue weighted by Crippen LogP contribution is 2.34. The Morgan fingerprint density at radius 3 is 2.46 bits per heavy atom. The van der Waals surface area contributed by atoms with Crippen LogP contribution in [0, 0.1) is 12.7 Å². The second-order valence-electron chi connectivity index (χ2n) is 8.00. The van der Waals surface area contributed by atoms with E-state index in [4.69, 9.17) is 14.6 Å². The van der Waals surface area contributed by atoms with Gasteiger partial charge in [0, 0.05) is 17.4 Å². The minimum absolute atomic E-state index is 0.111. The zero-order chi connectivity index (χ0) is 25.9. The number of aromatic nitrogens is 6. The number of methoxy groups -OCH3 is 2. The van der Waals surface area contributed by atoms with E-state index in [0.29, 0.717) is 39.8 Å². The second kappa shape index (κ2) is 9.90. The third kappa shape index (κ3) is 4.61. The maximum atomic E-state index is 14.5. The minimum atomic E-state index is -0.531. The van der Waals surface area contributed by atoms with Gasteiger partial charge in [0.25, 0.3) is 5.91 Å². The Bertz CT molecular complexity index is 1580. The van der Waals surface area contributed by atoms with Crippen LogP contribution in [0.3, 0.4) is 0 Å². The summed E-state index contributed by atoms with van der Waals surface area (Å²) in [5.74, 6) is 0.494. The van der Waals surface area contributed by atoms with Crippen molar-refractivity contribution in [3.63, 3.8) is 0 Å². The van der Waals surface area contributed by atoms with E-state index in [1.54, 1.807) is 43.1 Å². The lowest BCUT2D eigenvalue weighted by Gasteiger charge is -2.10. The molecule has 5 aromatic rings. The number of nitrogens with one attached hydrogen (secondary N) is 1. The number of para-hydroxylation sites is 1. The molecule has 37 heavy (non-hydrogen) atoms. The van der Waals surface area contributed by atoms with Crippen molar-refractivity contribution >= 4 is 11.6 Å². The van der Waals surface area contributed by atoms with Crippen molar-refractivity contribution in [3.8, 4) is 34.1 Å². The summed E-state index contributed by atoms with van der Waals surface area (Å²) in [6, 6.07) is 18.9. The Kier molecular flexibility index (Phi) is 6.33. The van der Waals surface area contributed by atoms with Crippen molar-refractivity contribution in [1.29, 1.82) is 0 Å². The molecular weight excluding hydrogens is 477 g/mol. The van der Waals surface area contributed by atoms with Crippen LogP contribution < -0.4 is 14.8 Å². The first-order chi connectivity index (χ1) is 18.0. The first kappa shape index (κ1) is 23.7. The smallest absolute Gasteiger partial charge is 0.259 e. The molecule has 11 heteroatoms. The van der Waals surface area contributed by atoms with Crippen LogP contribution >= 0.6 is 0 Å². The fourth-order valence-electron chi connectivity index (χ4n) is 3.86. The fourth-order valence-corrected chi connectivity index (χ4v) is 3.86. The number of benzene rings is 3. The van der Waals surface area contributed by atoms with Gasteiger partial charge in [0.2, 0.25) is 0 Å². The van der Waals surface area contributed by atoms with Crippen molar-refractivity contribution in [3.05, 3.63) is 90.1 Å². The molecule has 186 valence electrons. The lowest BCUT2D eigenvalue weighted by molar-refractivity contribution is 0.102. The van der Waals surface area contributed by atoms with E-state index in [0.717, 1.165) is 5.69 Å². The molecule has 0 aliphatic carbocycles. The van der Waals surface area contributed by atoms with Crippen LogP contribution in [0.4, 0.5) is 10.1 Å². The monoisotopic (exact) mass is 499 g/mol. The summed E-state index contributed by atoms with van der Waals surface area (Å²) in [5, 5.41) is 18.7. The summed E-state index contributed by atoms with van der Waals surface area (Å²) in [7, 11) is 3.09. The second-order valence-corrected chi connectivity index (χ2v) is 8.00. The number of hydrogen-bond donors (Lipinski definition) is 1. The molecule has 0 spiro atoms.